The van der Waals surface area contributed by atoms with Crippen molar-refractivity contribution in [1.29, 1.82) is 0 Å². The highest BCUT2D eigenvalue weighted by atomic mass is 32.3. The van der Waals surface area contributed by atoms with Crippen LogP contribution in [0.2, 0.25) is 0 Å². The first-order valence-corrected chi connectivity index (χ1v) is 16.1. The van der Waals surface area contributed by atoms with Gasteiger partial charge in [0.1, 0.15) is 43.3 Å². The van der Waals surface area contributed by atoms with Crippen molar-refractivity contribution in [2.24, 2.45) is 17.2 Å². The highest BCUT2D eigenvalue weighted by Crippen LogP contribution is 2.02. The molecule has 1 rings (SSSR count). The largest absolute Gasteiger partial charge is 0.479 e. The molecule has 1 heterocycles. The Kier molecular flexibility index (Phi) is 25.2. The van der Waals surface area contributed by atoms with Gasteiger partial charge in [0.25, 0.3) is 0 Å². The number of hydrogen-bond acceptors (Lipinski definition) is 21. The first-order chi connectivity index (χ1) is 24.5. The van der Waals surface area contributed by atoms with Crippen molar-refractivity contribution in [2.45, 2.75) is 80.6 Å². The van der Waals surface area contributed by atoms with Gasteiger partial charge in [-0.25, -0.2) is 18.5 Å². The van der Waals surface area contributed by atoms with E-state index in [2.05, 4.69) is 25.1 Å². The Balaban J connectivity index is 0. The van der Waals surface area contributed by atoms with E-state index < -0.39 is 102 Å². The molecule has 27 nitrogen and oxygen atoms in total. The number of carbonyl (C=O) groups excluding carboxylic acids is 5. The number of nitrogens with two attached hydrogens (primary N) is 3. The van der Waals surface area contributed by atoms with Crippen molar-refractivity contribution < 1.29 is 91.6 Å². The molecule has 0 saturated heterocycles. The third-order valence-electron chi connectivity index (χ3n) is 5.91. The average molecular weight is 793 g/mol. The lowest BCUT2D eigenvalue weighted by molar-refractivity contribution is -0.158. The molecule has 0 saturated carbocycles. The molecule has 53 heavy (non-hydrogen) atoms. The SMILES string of the molecule is N[C@H](C=O)CC(=O)NC[C@H](O)[C@@H](O)[C@@H](O)C(=O)O.N[C@H](C=O)CC(=O)NC[C@H](O)[C@@H](O)[C@H](O)C(=O)O.N[C@H](C=O)Cc1cn(CCOS(=O)(=O)O)nn1. The van der Waals surface area contributed by atoms with Gasteiger partial charge < -0.3 is 83.1 Å². The molecule has 2 amide bonds. The number of rotatable bonds is 23. The number of carbonyl (C=O) groups is 7. The molecule has 28 heteroatoms. The smallest absolute Gasteiger partial charge is 0.397 e. The van der Waals surface area contributed by atoms with Crippen LogP contribution in [0.15, 0.2) is 6.20 Å². The van der Waals surface area contributed by atoms with Crippen molar-refractivity contribution >= 4 is 53.0 Å². The van der Waals surface area contributed by atoms with E-state index in [1.807, 2.05) is 0 Å². The van der Waals surface area contributed by atoms with Gasteiger partial charge in [0.15, 0.2) is 12.2 Å². The van der Waals surface area contributed by atoms with Gasteiger partial charge in [0.2, 0.25) is 11.8 Å². The Morgan fingerprint density at radius 3 is 1.51 bits per heavy atom. The summed E-state index contributed by atoms with van der Waals surface area (Å²) in [6, 6.07) is -2.59. The van der Waals surface area contributed by atoms with Crippen molar-refractivity contribution in [2.75, 3.05) is 19.7 Å². The number of nitrogens with zero attached hydrogens (tertiary/aromatic N) is 3. The highest BCUT2D eigenvalue weighted by Gasteiger charge is 2.31. The van der Waals surface area contributed by atoms with Crippen LogP contribution in [-0.2, 0) is 61.1 Å². The number of nitrogens with one attached hydrogen (secondary N) is 2. The maximum absolute atomic E-state index is 11.1. The Morgan fingerprint density at radius 1 is 0.774 bits per heavy atom. The number of aldehydes is 3. The molecule has 1 aromatic rings. The summed E-state index contributed by atoms with van der Waals surface area (Å²) < 4.78 is 34.2. The van der Waals surface area contributed by atoms with Crippen LogP contribution in [0.5, 0.6) is 0 Å². The van der Waals surface area contributed by atoms with E-state index in [0.717, 1.165) is 0 Å². The number of aromatic nitrogens is 3. The molecule has 17 N–H and O–H groups in total. The zero-order valence-electron chi connectivity index (χ0n) is 27.5. The molecular formula is C25H44N8O19S. The second kappa shape index (κ2) is 26.3. The summed E-state index contributed by atoms with van der Waals surface area (Å²) in [6.07, 6.45) is -9.01. The van der Waals surface area contributed by atoms with Gasteiger partial charge in [-0.15, -0.1) is 5.10 Å². The van der Waals surface area contributed by atoms with E-state index in [9.17, 15) is 62.4 Å². The quantitative estimate of drug-likeness (QED) is 0.0361. The fraction of sp³-hybridized carbons (Fsp3) is 0.640. The van der Waals surface area contributed by atoms with Gasteiger partial charge in [0.05, 0.1) is 37.0 Å². The molecule has 0 bridgehead atoms. The predicted octanol–water partition coefficient (Wildman–Crippen LogP) is -9.46. The maximum atomic E-state index is 11.1. The molecule has 0 aliphatic carbocycles. The minimum Gasteiger partial charge on any atom is -0.479 e. The zero-order valence-corrected chi connectivity index (χ0v) is 28.4. The second-order valence-corrected chi connectivity index (χ2v) is 11.6. The van der Waals surface area contributed by atoms with Crippen LogP contribution in [0.3, 0.4) is 0 Å². The van der Waals surface area contributed by atoms with Crippen LogP contribution in [0, 0.1) is 0 Å². The standard InChI is InChI=1S/2C9H16N2O7.C7H12N4O5S/c2*10-4(3-12)1-6(14)11-2-5(13)7(15)8(16)9(17)18;8-6(5-12)3-7-4-11(10-9-7)1-2-16-17(13,14)15/h2*3-5,7-8,13,15-16H,1-2,10H2,(H,11,14)(H,17,18);4-6H,1-3,8H2,(H,13,14,15)/t4-,5-,7+,8+;4-,5-,7+,8-;6-/m000/s1. The minimum atomic E-state index is -4.44. The first-order valence-electron chi connectivity index (χ1n) is 14.7. The maximum Gasteiger partial charge on any atom is 0.397 e. The van der Waals surface area contributed by atoms with E-state index in [0.29, 0.717) is 24.6 Å². The average Bonchev–Trinajstić information content (AvgIpc) is 3.54. The van der Waals surface area contributed by atoms with E-state index in [4.69, 9.17) is 42.2 Å². The summed E-state index contributed by atoms with van der Waals surface area (Å²) in [6.45, 7) is -1.11. The van der Waals surface area contributed by atoms with Gasteiger partial charge in [0, 0.05) is 38.5 Å². The Labute approximate surface area is 299 Å². The number of aliphatic hydroxyl groups excluding tert-OH is 6. The number of hydrogen-bond donors (Lipinski definition) is 14. The summed E-state index contributed by atoms with van der Waals surface area (Å²) in [5.74, 6) is -4.69. The molecule has 9 atom stereocenters. The highest BCUT2D eigenvalue weighted by molar-refractivity contribution is 7.80. The molecule has 1 aromatic heterocycles. The molecular weight excluding hydrogens is 748 g/mol. The van der Waals surface area contributed by atoms with Crippen LogP contribution in [-0.4, -0.2) is 186 Å². The molecule has 304 valence electrons. The van der Waals surface area contributed by atoms with Crippen molar-refractivity contribution in [3.63, 3.8) is 0 Å². The first kappa shape index (κ1) is 50.6. The fourth-order valence-corrected chi connectivity index (χ4v) is 3.41. The molecule has 0 unspecified atom stereocenters. The summed E-state index contributed by atoms with van der Waals surface area (Å²) >= 11 is 0. The lowest BCUT2D eigenvalue weighted by atomic mass is 10.1. The molecule has 0 spiro atoms. The van der Waals surface area contributed by atoms with Gasteiger partial charge in [-0.2, -0.15) is 8.42 Å². The van der Waals surface area contributed by atoms with Crippen LogP contribution in [0.4, 0.5) is 0 Å². The van der Waals surface area contributed by atoms with Gasteiger partial charge in [-0.05, 0) is 0 Å². The zero-order chi connectivity index (χ0) is 41.5. The summed E-state index contributed by atoms with van der Waals surface area (Å²) in [4.78, 5) is 73.5. The van der Waals surface area contributed by atoms with Crippen LogP contribution < -0.4 is 27.8 Å². The van der Waals surface area contributed by atoms with E-state index >= 15 is 0 Å². The number of carboxylic acids is 2. The van der Waals surface area contributed by atoms with Gasteiger partial charge in [-0.3, -0.25) is 14.1 Å². The van der Waals surface area contributed by atoms with Crippen molar-refractivity contribution in [1.82, 2.24) is 25.6 Å². The Bertz CT molecular complexity index is 1360. The monoisotopic (exact) mass is 792 g/mol. The van der Waals surface area contributed by atoms with Crippen LogP contribution in [0.1, 0.15) is 18.5 Å². The van der Waals surface area contributed by atoms with Crippen molar-refractivity contribution in [3.05, 3.63) is 11.9 Å². The Hall–Kier alpha value is -4.46. The lowest BCUT2D eigenvalue weighted by Crippen LogP contribution is -2.47. The fourth-order valence-electron chi connectivity index (χ4n) is 3.13. The second-order valence-electron chi connectivity index (χ2n) is 10.5. The lowest BCUT2D eigenvalue weighted by Gasteiger charge is -2.20. The molecule has 0 aliphatic rings. The molecule has 0 aromatic carbocycles. The summed E-state index contributed by atoms with van der Waals surface area (Å²) in [5.41, 5.74) is 16.2. The predicted molar refractivity (Wildman–Crippen MR) is 170 cm³/mol. The third kappa shape index (κ3) is 24.4. The topological polar surface area (TPSA) is 478 Å². The number of aliphatic hydroxyl groups is 6. The summed E-state index contributed by atoms with van der Waals surface area (Å²) in [7, 11) is -4.44. The van der Waals surface area contributed by atoms with Gasteiger partial charge >= 0.3 is 22.3 Å². The van der Waals surface area contributed by atoms with E-state index in [1.165, 1.54) is 10.9 Å². The van der Waals surface area contributed by atoms with E-state index in [-0.39, 0.29) is 32.4 Å². The minimum absolute atomic E-state index is 0.100. The van der Waals surface area contributed by atoms with Gasteiger partial charge in [-0.1, -0.05) is 5.21 Å². The summed E-state index contributed by atoms with van der Waals surface area (Å²) in [5, 5.41) is 83.2. The molecule has 0 radical (unpaired) electrons. The number of aliphatic carboxylic acids is 2. The third-order valence-corrected chi connectivity index (χ3v) is 6.37. The molecule has 0 aliphatic heterocycles. The molecule has 0 fully saturated rings. The number of amides is 2. The number of carboxylic acid groups (broad SMARTS) is 2. The normalized spacial score (nSPS) is 16.1. The van der Waals surface area contributed by atoms with Crippen molar-refractivity contribution in [3.8, 4) is 0 Å². The van der Waals surface area contributed by atoms with E-state index in [1.54, 1.807) is 0 Å². The van der Waals surface area contributed by atoms with Crippen LogP contribution >= 0.6 is 0 Å². The van der Waals surface area contributed by atoms with Crippen LogP contribution in [0.25, 0.3) is 0 Å². The Morgan fingerprint density at radius 2 is 1.17 bits per heavy atom.